The quantitative estimate of drug-likeness (QED) is 0.748. The predicted octanol–water partition coefficient (Wildman–Crippen LogP) is 3.68. The van der Waals surface area contributed by atoms with Crippen molar-refractivity contribution in [3.63, 3.8) is 0 Å². The molecule has 2 rings (SSSR count). The molecule has 0 spiro atoms. The van der Waals surface area contributed by atoms with Gasteiger partial charge in [-0.25, -0.2) is 0 Å². The van der Waals surface area contributed by atoms with Gasteiger partial charge in [-0.15, -0.1) is 0 Å². The van der Waals surface area contributed by atoms with E-state index in [9.17, 15) is 14.7 Å². The van der Waals surface area contributed by atoms with E-state index in [1.807, 2.05) is 12.1 Å². The van der Waals surface area contributed by atoms with Crippen molar-refractivity contribution >= 4 is 11.9 Å². The van der Waals surface area contributed by atoms with Gasteiger partial charge in [-0.1, -0.05) is 27.2 Å². The third-order valence-electron chi connectivity index (χ3n) is 5.59. The SMILES string of the molecule is CCC(CC(=O)N1CCc2cc(OC)c(OC)cc2C1CC(=O)O)C(C)C. The molecule has 1 amide bonds. The van der Waals surface area contributed by atoms with Crippen molar-refractivity contribution in [1.29, 1.82) is 0 Å². The van der Waals surface area contributed by atoms with E-state index in [0.717, 1.165) is 17.5 Å². The van der Waals surface area contributed by atoms with Crippen LogP contribution in [0, 0.1) is 11.8 Å². The van der Waals surface area contributed by atoms with E-state index < -0.39 is 12.0 Å². The zero-order valence-electron chi connectivity index (χ0n) is 16.9. The summed E-state index contributed by atoms with van der Waals surface area (Å²) in [6.45, 7) is 6.86. The first-order valence-electron chi connectivity index (χ1n) is 9.58. The maximum atomic E-state index is 13.0. The van der Waals surface area contributed by atoms with Crippen LogP contribution in [0.15, 0.2) is 12.1 Å². The number of carbonyl (C=O) groups is 2. The second-order valence-electron chi connectivity index (χ2n) is 7.47. The highest BCUT2D eigenvalue weighted by atomic mass is 16.5. The second-order valence-corrected chi connectivity index (χ2v) is 7.47. The molecule has 2 unspecified atom stereocenters. The van der Waals surface area contributed by atoms with Gasteiger partial charge in [-0.05, 0) is 41.5 Å². The molecule has 150 valence electrons. The summed E-state index contributed by atoms with van der Waals surface area (Å²) in [4.78, 5) is 26.3. The second kappa shape index (κ2) is 9.11. The summed E-state index contributed by atoms with van der Waals surface area (Å²) in [6, 6.07) is 3.23. The molecule has 6 nitrogen and oxygen atoms in total. The van der Waals surface area contributed by atoms with Crippen molar-refractivity contribution in [2.45, 2.75) is 52.5 Å². The predicted molar refractivity (Wildman–Crippen MR) is 103 cm³/mol. The summed E-state index contributed by atoms with van der Waals surface area (Å²) >= 11 is 0. The molecule has 1 aromatic rings. The minimum absolute atomic E-state index is 0.0298. The zero-order valence-corrected chi connectivity index (χ0v) is 16.9. The Morgan fingerprint density at radius 2 is 1.85 bits per heavy atom. The molecule has 0 saturated carbocycles. The number of hydrogen-bond donors (Lipinski definition) is 1. The first-order valence-corrected chi connectivity index (χ1v) is 9.58. The summed E-state index contributed by atoms with van der Waals surface area (Å²) in [6.07, 6.45) is 1.94. The molecule has 0 saturated heterocycles. The Labute approximate surface area is 161 Å². The average Bonchev–Trinajstić information content (AvgIpc) is 2.64. The van der Waals surface area contributed by atoms with Crippen LogP contribution in [0.5, 0.6) is 11.5 Å². The van der Waals surface area contributed by atoms with E-state index in [1.165, 1.54) is 0 Å². The number of ether oxygens (including phenoxy) is 2. The van der Waals surface area contributed by atoms with Gasteiger partial charge in [0.05, 0.1) is 26.7 Å². The van der Waals surface area contributed by atoms with Crippen molar-refractivity contribution in [1.82, 2.24) is 4.90 Å². The van der Waals surface area contributed by atoms with Gasteiger partial charge in [0.2, 0.25) is 5.91 Å². The molecule has 1 aliphatic rings. The van der Waals surface area contributed by atoms with Crippen molar-refractivity contribution in [2.75, 3.05) is 20.8 Å². The van der Waals surface area contributed by atoms with Crippen LogP contribution in [-0.2, 0) is 16.0 Å². The Bertz CT molecular complexity index is 685. The molecule has 0 fully saturated rings. The van der Waals surface area contributed by atoms with Gasteiger partial charge in [-0.2, -0.15) is 0 Å². The van der Waals surface area contributed by atoms with Gasteiger partial charge in [0.15, 0.2) is 11.5 Å². The van der Waals surface area contributed by atoms with Crippen LogP contribution in [0.1, 0.15) is 57.2 Å². The molecule has 1 aromatic carbocycles. The number of carbonyl (C=O) groups excluding carboxylic acids is 1. The van der Waals surface area contributed by atoms with Gasteiger partial charge in [0.25, 0.3) is 0 Å². The normalized spacial score (nSPS) is 17.4. The molecule has 2 atom stereocenters. The maximum Gasteiger partial charge on any atom is 0.305 e. The topological polar surface area (TPSA) is 76.1 Å². The number of hydrogen-bond acceptors (Lipinski definition) is 4. The largest absolute Gasteiger partial charge is 0.493 e. The van der Waals surface area contributed by atoms with E-state index in [0.29, 0.717) is 42.7 Å². The molecular formula is C21H31NO5. The Balaban J connectivity index is 2.38. The number of nitrogens with zero attached hydrogens (tertiary/aromatic N) is 1. The molecule has 1 heterocycles. The van der Waals surface area contributed by atoms with Gasteiger partial charge in [0.1, 0.15) is 0 Å². The highest BCUT2D eigenvalue weighted by Crippen LogP contribution is 2.40. The van der Waals surface area contributed by atoms with Gasteiger partial charge < -0.3 is 19.5 Å². The lowest BCUT2D eigenvalue weighted by Crippen LogP contribution is -2.42. The van der Waals surface area contributed by atoms with Crippen LogP contribution in [0.2, 0.25) is 0 Å². The first kappa shape index (κ1) is 21.1. The number of amides is 1. The highest BCUT2D eigenvalue weighted by molar-refractivity contribution is 5.79. The van der Waals surface area contributed by atoms with Gasteiger partial charge >= 0.3 is 5.97 Å². The number of benzene rings is 1. The number of carboxylic acid groups (broad SMARTS) is 1. The number of methoxy groups -OCH3 is 2. The molecule has 0 aliphatic carbocycles. The lowest BCUT2D eigenvalue weighted by molar-refractivity contribution is -0.142. The lowest BCUT2D eigenvalue weighted by atomic mass is 9.87. The highest BCUT2D eigenvalue weighted by Gasteiger charge is 2.34. The Morgan fingerprint density at radius 1 is 1.22 bits per heavy atom. The van der Waals surface area contributed by atoms with E-state index in [4.69, 9.17) is 9.47 Å². The minimum atomic E-state index is -0.920. The minimum Gasteiger partial charge on any atom is -0.493 e. The Hall–Kier alpha value is -2.24. The summed E-state index contributed by atoms with van der Waals surface area (Å²) in [5.74, 6) is 0.997. The first-order chi connectivity index (χ1) is 12.8. The summed E-state index contributed by atoms with van der Waals surface area (Å²) in [7, 11) is 3.13. The zero-order chi connectivity index (χ0) is 20.1. The van der Waals surface area contributed by atoms with Crippen LogP contribution in [0.25, 0.3) is 0 Å². The van der Waals surface area contributed by atoms with Gasteiger partial charge in [0, 0.05) is 13.0 Å². The lowest BCUT2D eigenvalue weighted by Gasteiger charge is -2.38. The Kier molecular flexibility index (Phi) is 7.11. The smallest absolute Gasteiger partial charge is 0.305 e. The molecule has 1 N–H and O–H groups in total. The van der Waals surface area contributed by atoms with E-state index >= 15 is 0 Å². The van der Waals surface area contributed by atoms with Crippen LogP contribution in [0.3, 0.4) is 0 Å². The summed E-state index contributed by atoms with van der Waals surface area (Å²) in [5, 5.41) is 9.44. The maximum absolute atomic E-state index is 13.0. The third kappa shape index (κ3) is 4.73. The van der Waals surface area contributed by atoms with Crippen LogP contribution < -0.4 is 9.47 Å². The van der Waals surface area contributed by atoms with Crippen molar-refractivity contribution in [3.8, 4) is 11.5 Å². The number of rotatable bonds is 8. The van der Waals surface area contributed by atoms with Gasteiger partial charge in [-0.3, -0.25) is 9.59 Å². The molecule has 6 heteroatoms. The fraction of sp³-hybridized carbons (Fsp3) is 0.619. The number of carboxylic acids is 1. The van der Waals surface area contributed by atoms with Crippen molar-refractivity contribution < 1.29 is 24.2 Å². The van der Waals surface area contributed by atoms with E-state index in [-0.39, 0.29) is 12.3 Å². The molecule has 0 aromatic heterocycles. The number of fused-ring (bicyclic) bond motifs is 1. The number of aliphatic carboxylic acids is 1. The molecular weight excluding hydrogens is 346 g/mol. The van der Waals surface area contributed by atoms with Crippen LogP contribution >= 0.6 is 0 Å². The van der Waals surface area contributed by atoms with Crippen LogP contribution in [0.4, 0.5) is 0 Å². The fourth-order valence-corrected chi connectivity index (χ4v) is 3.91. The summed E-state index contributed by atoms with van der Waals surface area (Å²) in [5.41, 5.74) is 1.85. The Morgan fingerprint density at radius 3 is 2.37 bits per heavy atom. The molecule has 0 radical (unpaired) electrons. The van der Waals surface area contributed by atoms with E-state index in [2.05, 4.69) is 20.8 Å². The van der Waals surface area contributed by atoms with Crippen molar-refractivity contribution in [3.05, 3.63) is 23.3 Å². The summed E-state index contributed by atoms with van der Waals surface area (Å²) < 4.78 is 10.8. The monoisotopic (exact) mass is 377 g/mol. The third-order valence-corrected chi connectivity index (χ3v) is 5.59. The standard InChI is InChI=1S/C21H31NO5/c1-6-14(13(2)3)10-20(23)22-8-7-15-9-18(26-4)19(27-5)11-16(15)17(22)12-21(24)25/h9,11,13-14,17H,6-8,10,12H2,1-5H3,(H,24,25). The molecule has 1 aliphatic heterocycles. The average molecular weight is 377 g/mol. The van der Waals surface area contributed by atoms with Crippen molar-refractivity contribution in [2.24, 2.45) is 11.8 Å². The van der Waals surface area contributed by atoms with Crippen LogP contribution in [-0.4, -0.2) is 42.6 Å². The van der Waals surface area contributed by atoms with E-state index in [1.54, 1.807) is 19.1 Å². The molecule has 27 heavy (non-hydrogen) atoms. The fourth-order valence-electron chi connectivity index (χ4n) is 3.91. The molecule has 0 bridgehead atoms.